The van der Waals surface area contributed by atoms with Crippen LogP contribution in [0.25, 0.3) is 0 Å². The number of amides is 4. The topological polar surface area (TPSA) is 251 Å². The molecule has 14 heteroatoms. The third kappa shape index (κ3) is 10.9. The Labute approximate surface area is 212 Å². The molecule has 1 rings (SSSR count). The number of aromatic hydroxyl groups is 1. The molecule has 0 aliphatic heterocycles. The Balaban J connectivity index is 2.93. The third-order valence-electron chi connectivity index (χ3n) is 5.28. The van der Waals surface area contributed by atoms with Crippen molar-refractivity contribution in [3.63, 3.8) is 0 Å². The highest BCUT2D eigenvalue weighted by atomic mass is 16.4. The second kappa shape index (κ2) is 14.4. The summed E-state index contributed by atoms with van der Waals surface area (Å²) < 4.78 is 0. The van der Waals surface area contributed by atoms with Gasteiger partial charge in [-0.15, -0.1) is 0 Å². The Bertz CT molecular complexity index is 997. The quantitative estimate of drug-likeness (QED) is 0.128. The largest absolute Gasteiger partial charge is 0.508 e. The molecule has 0 saturated carbocycles. The van der Waals surface area contributed by atoms with Crippen molar-refractivity contribution < 1.29 is 44.1 Å². The SMILES string of the molecule is CC(C)C(NC(=O)C(N)Cc1ccc(O)cc1)C(=O)NC(CC(N)=O)C(=O)NC(CCC(=O)O)C(=O)O. The fourth-order valence-corrected chi connectivity index (χ4v) is 3.24. The van der Waals surface area contributed by atoms with Crippen LogP contribution in [0.4, 0.5) is 0 Å². The van der Waals surface area contributed by atoms with Gasteiger partial charge in [-0.05, 0) is 36.5 Å². The van der Waals surface area contributed by atoms with E-state index in [-0.39, 0.29) is 12.2 Å². The minimum atomic E-state index is -1.59. The van der Waals surface area contributed by atoms with Crippen LogP contribution in [0, 0.1) is 5.92 Å². The highest BCUT2D eigenvalue weighted by Crippen LogP contribution is 2.11. The summed E-state index contributed by atoms with van der Waals surface area (Å²) >= 11 is 0. The van der Waals surface area contributed by atoms with Crippen LogP contribution in [0.2, 0.25) is 0 Å². The Kier molecular flexibility index (Phi) is 12.0. The lowest BCUT2D eigenvalue weighted by molar-refractivity contribution is -0.143. The van der Waals surface area contributed by atoms with Crippen molar-refractivity contribution in [2.75, 3.05) is 0 Å². The van der Waals surface area contributed by atoms with Crippen molar-refractivity contribution in [1.29, 1.82) is 0 Å². The first-order chi connectivity index (χ1) is 17.2. The summed E-state index contributed by atoms with van der Waals surface area (Å²) in [6, 6.07) is 0.648. The van der Waals surface area contributed by atoms with Crippen molar-refractivity contribution in [3.05, 3.63) is 29.8 Å². The number of rotatable bonds is 15. The number of phenolic OH excluding ortho intramolecular Hbond substituents is 1. The predicted molar refractivity (Wildman–Crippen MR) is 129 cm³/mol. The Morgan fingerprint density at radius 1 is 0.865 bits per heavy atom. The van der Waals surface area contributed by atoms with Gasteiger partial charge >= 0.3 is 11.9 Å². The van der Waals surface area contributed by atoms with Gasteiger partial charge in [0.2, 0.25) is 23.6 Å². The molecule has 0 radical (unpaired) electrons. The molecule has 204 valence electrons. The molecule has 0 spiro atoms. The highest BCUT2D eigenvalue weighted by Gasteiger charge is 2.32. The molecule has 4 unspecified atom stereocenters. The van der Waals surface area contributed by atoms with E-state index in [2.05, 4.69) is 16.0 Å². The summed E-state index contributed by atoms with van der Waals surface area (Å²) in [5.41, 5.74) is 11.8. The lowest BCUT2D eigenvalue weighted by atomic mass is 10.0. The summed E-state index contributed by atoms with van der Waals surface area (Å²) in [6.07, 6.45) is -1.55. The molecule has 1 aromatic carbocycles. The molecule has 10 N–H and O–H groups in total. The van der Waals surface area contributed by atoms with Crippen molar-refractivity contribution in [2.24, 2.45) is 17.4 Å². The molecule has 0 aliphatic rings. The van der Waals surface area contributed by atoms with Gasteiger partial charge in [-0.3, -0.25) is 24.0 Å². The maximum absolute atomic E-state index is 12.9. The van der Waals surface area contributed by atoms with Gasteiger partial charge in [0, 0.05) is 6.42 Å². The van der Waals surface area contributed by atoms with Crippen LogP contribution in [0.15, 0.2) is 24.3 Å². The molecule has 1 aromatic rings. The number of phenols is 1. The normalized spacial score (nSPS) is 14.1. The van der Waals surface area contributed by atoms with Gasteiger partial charge in [-0.2, -0.15) is 0 Å². The summed E-state index contributed by atoms with van der Waals surface area (Å²) in [5.74, 6) is -6.78. The molecule has 0 heterocycles. The van der Waals surface area contributed by atoms with Crippen molar-refractivity contribution in [1.82, 2.24) is 16.0 Å². The zero-order chi connectivity index (χ0) is 28.3. The van der Waals surface area contributed by atoms with Gasteiger partial charge < -0.3 is 42.7 Å². The van der Waals surface area contributed by atoms with E-state index >= 15 is 0 Å². The first-order valence-electron chi connectivity index (χ1n) is 11.4. The van der Waals surface area contributed by atoms with Crippen molar-refractivity contribution in [2.45, 2.75) is 63.7 Å². The Hall–Kier alpha value is -4.20. The second-order valence-corrected chi connectivity index (χ2v) is 8.77. The average molecular weight is 524 g/mol. The zero-order valence-electron chi connectivity index (χ0n) is 20.5. The highest BCUT2D eigenvalue weighted by molar-refractivity contribution is 5.96. The Morgan fingerprint density at radius 3 is 1.92 bits per heavy atom. The van der Waals surface area contributed by atoms with E-state index in [9.17, 15) is 39.0 Å². The number of primary amides is 1. The Morgan fingerprint density at radius 2 is 1.43 bits per heavy atom. The number of carboxylic acid groups (broad SMARTS) is 2. The van der Waals surface area contributed by atoms with Crippen molar-refractivity contribution in [3.8, 4) is 5.75 Å². The van der Waals surface area contributed by atoms with Crippen LogP contribution in [0.3, 0.4) is 0 Å². The summed E-state index contributed by atoms with van der Waals surface area (Å²) in [5, 5.41) is 34.3. The van der Waals surface area contributed by atoms with Gasteiger partial charge in [0.25, 0.3) is 0 Å². The molecule has 4 atom stereocenters. The standard InChI is InChI=1S/C23H33N5O9/c1-11(2)19(28-20(33)14(24)9-12-3-5-13(29)6-4-12)22(35)27-16(10-17(25)30)21(34)26-15(23(36)37)7-8-18(31)32/h3-6,11,14-16,19,29H,7-10,24H2,1-2H3,(H2,25,30)(H,26,34)(H,27,35)(H,28,33)(H,31,32)(H,36,37). The number of nitrogens with one attached hydrogen (secondary N) is 3. The minimum Gasteiger partial charge on any atom is -0.508 e. The number of carbonyl (C=O) groups is 6. The second-order valence-electron chi connectivity index (χ2n) is 8.77. The first kappa shape index (κ1) is 30.8. The molecule has 0 aliphatic carbocycles. The van der Waals surface area contributed by atoms with E-state index < -0.39 is 84.9 Å². The molecule has 0 aromatic heterocycles. The van der Waals surface area contributed by atoms with E-state index in [1.165, 1.54) is 12.1 Å². The van der Waals surface area contributed by atoms with Gasteiger partial charge in [0.05, 0.1) is 12.5 Å². The zero-order valence-corrected chi connectivity index (χ0v) is 20.5. The average Bonchev–Trinajstić information content (AvgIpc) is 2.79. The maximum Gasteiger partial charge on any atom is 0.326 e. The predicted octanol–water partition coefficient (Wildman–Crippen LogP) is -1.80. The molecule has 0 bridgehead atoms. The molecule has 0 fully saturated rings. The fraction of sp³-hybridized carbons (Fsp3) is 0.478. The van der Waals surface area contributed by atoms with Crippen LogP contribution in [0.1, 0.15) is 38.7 Å². The smallest absolute Gasteiger partial charge is 0.326 e. The van der Waals surface area contributed by atoms with Gasteiger partial charge in [-0.1, -0.05) is 26.0 Å². The minimum absolute atomic E-state index is 0.0458. The van der Waals surface area contributed by atoms with E-state index in [0.29, 0.717) is 5.56 Å². The monoisotopic (exact) mass is 523 g/mol. The van der Waals surface area contributed by atoms with Gasteiger partial charge in [0.1, 0.15) is 23.9 Å². The summed E-state index contributed by atoms with van der Waals surface area (Å²) in [4.78, 5) is 71.9. The molecule has 14 nitrogen and oxygen atoms in total. The van der Waals surface area contributed by atoms with Crippen LogP contribution in [-0.4, -0.2) is 75.1 Å². The van der Waals surface area contributed by atoms with Gasteiger partial charge in [-0.25, -0.2) is 4.79 Å². The van der Waals surface area contributed by atoms with Crippen molar-refractivity contribution >= 4 is 35.6 Å². The van der Waals surface area contributed by atoms with E-state index in [0.717, 1.165) is 0 Å². The number of hydrogen-bond acceptors (Lipinski definition) is 8. The maximum atomic E-state index is 12.9. The number of nitrogens with two attached hydrogens (primary N) is 2. The summed E-state index contributed by atoms with van der Waals surface area (Å²) in [7, 11) is 0. The molecule has 4 amide bonds. The molecule has 37 heavy (non-hydrogen) atoms. The van der Waals surface area contributed by atoms with Crippen LogP contribution >= 0.6 is 0 Å². The molecular weight excluding hydrogens is 490 g/mol. The number of benzene rings is 1. The van der Waals surface area contributed by atoms with Crippen LogP contribution in [0.5, 0.6) is 5.75 Å². The first-order valence-corrected chi connectivity index (χ1v) is 11.4. The third-order valence-corrected chi connectivity index (χ3v) is 5.28. The number of hydrogen-bond donors (Lipinski definition) is 8. The lowest BCUT2D eigenvalue weighted by Crippen LogP contribution is -2.59. The van der Waals surface area contributed by atoms with Crippen LogP contribution < -0.4 is 27.4 Å². The number of carboxylic acids is 2. The fourth-order valence-electron chi connectivity index (χ4n) is 3.24. The van der Waals surface area contributed by atoms with Gasteiger partial charge in [0.15, 0.2) is 0 Å². The van der Waals surface area contributed by atoms with E-state index in [1.807, 2.05) is 0 Å². The van der Waals surface area contributed by atoms with E-state index in [1.54, 1.807) is 26.0 Å². The number of carbonyl (C=O) groups excluding carboxylic acids is 4. The van der Waals surface area contributed by atoms with E-state index in [4.69, 9.17) is 16.6 Å². The molecule has 0 saturated heterocycles. The summed E-state index contributed by atoms with van der Waals surface area (Å²) in [6.45, 7) is 3.23. The lowest BCUT2D eigenvalue weighted by Gasteiger charge is -2.26. The number of aliphatic carboxylic acids is 2. The van der Waals surface area contributed by atoms with Crippen LogP contribution in [-0.2, 0) is 35.2 Å². The molecular formula is C23H33N5O9.